The second kappa shape index (κ2) is 12.9. The minimum atomic E-state index is -0.373. The molecule has 0 N–H and O–H groups in total. The molecule has 0 spiro atoms. The molecule has 0 aliphatic heterocycles. The molecular weight excluding hydrogens is 383 g/mol. The summed E-state index contributed by atoms with van der Waals surface area (Å²) in [5.74, 6) is 1.50. The van der Waals surface area contributed by atoms with E-state index in [1.54, 1.807) is 6.20 Å². The van der Waals surface area contributed by atoms with Gasteiger partial charge in [-0.3, -0.25) is 0 Å². The Kier molecular flexibility index (Phi) is 9.96. The van der Waals surface area contributed by atoms with Gasteiger partial charge in [0, 0.05) is 12.1 Å². The van der Waals surface area contributed by atoms with Crippen LogP contribution in [0.5, 0.6) is 0 Å². The van der Waals surface area contributed by atoms with Crippen molar-refractivity contribution in [3.05, 3.63) is 47.8 Å². The number of unbranched alkanes of at least 4 members (excludes halogenated alkanes) is 6. The van der Waals surface area contributed by atoms with Gasteiger partial charge in [0.25, 0.3) is 0 Å². The predicted molar refractivity (Wildman–Crippen MR) is 129 cm³/mol. The van der Waals surface area contributed by atoms with Crippen LogP contribution in [0.4, 0.5) is 4.39 Å². The fourth-order valence-electron chi connectivity index (χ4n) is 4.94. The van der Waals surface area contributed by atoms with E-state index in [0.717, 1.165) is 30.7 Å². The summed E-state index contributed by atoms with van der Waals surface area (Å²) in [5, 5.41) is 0. The number of halogens is 1. The van der Waals surface area contributed by atoms with Crippen LogP contribution < -0.4 is 0 Å². The van der Waals surface area contributed by atoms with Crippen LogP contribution in [-0.4, -0.2) is 9.97 Å². The summed E-state index contributed by atoms with van der Waals surface area (Å²) in [6.45, 7) is 4.50. The zero-order chi connectivity index (χ0) is 21.9. The van der Waals surface area contributed by atoms with Crippen LogP contribution in [0.1, 0.15) is 115 Å². The van der Waals surface area contributed by atoms with E-state index in [1.165, 1.54) is 76.2 Å². The molecule has 0 saturated heterocycles. The summed E-state index contributed by atoms with van der Waals surface area (Å²) in [6, 6.07) is 8.29. The van der Waals surface area contributed by atoms with E-state index in [9.17, 15) is 4.39 Å². The molecule has 31 heavy (non-hydrogen) atoms. The van der Waals surface area contributed by atoms with Crippen LogP contribution in [0, 0.1) is 11.9 Å². The largest absolute Gasteiger partial charge is 0.240 e. The lowest BCUT2D eigenvalue weighted by Gasteiger charge is -2.27. The molecule has 1 aliphatic rings. The normalized spacial score (nSPS) is 18.9. The van der Waals surface area contributed by atoms with Crippen molar-refractivity contribution in [1.82, 2.24) is 9.97 Å². The van der Waals surface area contributed by atoms with Gasteiger partial charge in [-0.25, -0.2) is 9.97 Å². The third-order valence-electron chi connectivity index (χ3n) is 7.02. The molecule has 3 heteroatoms. The lowest BCUT2D eigenvalue weighted by atomic mass is 9.79. The minimum absolute atomic E-state index is 0.320. The maximum Gasteiger partial charge on any atom is 0.224 e. The summed E-state index contributed by atoms with van der Waals surface area (Å²) >= 11 is 0. The fourth-order valence-corrected chi connectivity index (χ4v) is 4.94. The molecule has 1 aromatic heterocycles. The highest BCUT2D eigenvalue weighted by Crippen LogP contribution is 2.37. The Hall–Kier alpha value is -1.77. The van der Waals surface area contributed by atoms with Gasteiger partial charge < -0.3 is 0 Å². The topological polar surface area (TPSA) is 25.8 Å². The SMILES string of the molecule is CCCCCCCc1ccc(-c2cnc(C3CCC(CCCCC)CC3)nc2F)cc1. The van der Waals surface area contributed by atoms with Crippen molar-refractivity contribution in [2.24, 2.45) is 5.92 Å². The molecule has 1 fully saturated rings. The van der Waals surface area contributed by atoms with Gasteiger partial charge in [0.2, 0.25) is 5.95 Å². The highest BCUT2D eigenvalue weighted by molar-refractivity contribution is 5.62. The zero-order valence-electron chi connectivity index (χ0n) is 19.7. The van der Waals surface area contributed by atoms with Crippen LogP contribution in [0.2, 0.25) is 0 Å². The minimum Gasteiger partial charge on any atom is -0.240 e. The van der Waals surface area contributed by atoms with Crippen molar-refractivity contribution in [3.63, 3.8) is 0 Å². The quantitative estimate of drug-likeness (QED) is 0.252. The van der Waals surface area contributed by atoms with Crippen LogP contribution >= 0.6 is 0 Å². The van der Waals surface area contributed by atoms with E-state index in [-0.39, 0.29) is 5.95 Å². The second-order valence-electron chi connectivity index (χ2n) is 9.51. The lowest BCUT2D eigenvalue weighted by molar-refractivity contribution is 0.296. The molecule has 2 aromatic rings. The molecule has 170 valence electrons. The molecule has 1 saturated carbocycles. The Morgan fingerprint density at radius 1 is 0.839 bits per heavy atom. The van der Waals surface area contributed by atoms with Crippen LogP contribution in [0.25, 0.3) is 11.1 Å². The van der Waals surface area contributed by atoms with Crippen molar-refractivity contribution >= 4 is 0 Å². The molecule has 0 radical (unpaired) electrons. The average Bonchev–Trinajstić information content (AvgIpc) is 2.80. The molecular formula is C28H41FN2. The molecule has 0 amide bonds. The number of aryl methyl sites for hydroxylation is 1. The third-order valence-corrected chi connectivity index (χ3v) is 7.02. The number of hydrogen-bond donors (Lipinski definition) is 0. The standard InChI is InChI=1S/C28H41FN2/c1-3-5-7-8-10-12-23-13-17-24(18-14-23)26-21-30-28(31-27(26)29)25-19-15-22(16-20-25)11-9-6-4-2/h13-14,17-18,21-22,25H,3-12,15-16,19-20H2,1-2H3. The monoisotopic (exact) mass is 424 g/mol. The number of nitrogens with zero attached hydrogens (tertiary/aromatic N) is 2. The first kappa shape index (κ1) is 23.9. The Labute approximate surface area is 189 Å². The highest BCUT2D eigenvalue weighted by atomic mass is 19.1. The molecule has 0 bridgehead atoms. The smallest absolute Gasteiger partial charge is 0.224 e. The van der Waals surface area contributed by atoms with E-state index in [0.29, 0.717) is 17.3 Å². The summed E-state index contributed by atoms with van der Waals surface area (Å²) in [6.07, 6.45) is 19.3. The van der Waals surface area contributed by atoms with Gasteiger partial charge in [-0.05, 0) is 55.6 Å². The van der Waals surface area contributed by atoms with Crippen LogP contribution in [-0.2, 0) is 6.42 Å². The Morgan fingerprint density at radius 3 is 2.19 bits per heavy atom. The van der Waals surface area contributed by atoms with E-state index < -0.39 is 0 Å². The molecule has 1 aromatic carbocycles. The third kappa shape index (κ3) is 7.40. The summed E-state index contributed by atoms with van der Waals surface area (Å²) in [4.78, 5) is 8.89. The van der Waals surface area contributed by atoms with E-state index in [2.05, 4.69) is 35.9 Å². The first-order chi connectivity index (χ1) is 15.2. The highest BCUT2D eigenvalue weighted by Gasteiger charge is 2.24. The zero-order valence-corrected chi connectivity index (χ0v) is 19.7. The number of aromatic nitrogens is 2. The van der Waals surface area contributed by atoms with Crippen LogP contribution in [0.3, 0.4) is 0 Å². The van der Waals surface area contributed by atoms with Gasteiger partial charge in [0.05, 0.1) is 5.56 Å². The Bertz CT molecular complexity index is 763. The van der Waals surface area contributed by atoms with Gasteiger partial charge in [0.15, 0.2) is 0 Å². The molecule has 0 unspecified atom stereocenters. The summed E-state index contributed by atoms with van der Waals surface area (Å²) in [5.41, 5.74) is 2.72. The maximum atomic E-state index is 14.8. The van der Waals surface area contributed by atoms with Gasteiger partial charge in [-0.15, -0.1) is 0 Å². The molecule has 2 nitrogen and oxygen atoms in total. The van der Waals surface area contributed by atoms with Crippen molar-refractivity contribution < 1.29 is 4.39 Å². The molecule has 3 rings (SSSR count). The molecule has 0 atom stereocenters. The number of benzene rings is 1. The van der Waals surface area contributed by atoms with E-state index >= 15 is 0 Å². The van der Waals surface area contributed by atoms with Gasteiger partial charge in [-0.2, -0.15) is 4.39 Å². The van der Waals surface area contributed by atoms with Gasteiger partial charge >= 0.3 is 0 Å². The van der Waals surface area contributed by atoms with E-state index in [1.807, 2.05) is 12.1 Å². The lowest BCUT2D eigenvalue weighted by Crippen LogP contribution is -2.16. The average molecular weight is 425 g/mol. The Morgan fingerprint density at radius 2 is 1.52 bits per heavy atom. The molecule has 1 heterocycles. The molecule has 1 aliphatic carbocycles. The second-order valence-corrected chi connectivity index (χ2v) is 9.51. The van der Waals surface area contributed by atoms with Crippen LogP contribution in [0.15, 0.2) is 30.5 Å². The predicted octanol–water partition coefficient (Wildman–Crippen LogP) is 8.65. The number of rotatable bonds is 12. The maximum absolute atomic E-state index is 14.8. The summed E-state index contributed by atoms with van der Waals surface area (Å²) < 4.78 is 14.8. The van der Waals surface area contributed by atoms with Gasteiger partial charge in [0.1, 0.15) is 5.82 Å². The van der Waals surface area contributed by atoms with Crippen molar-refractivity contribution in [3.8, 4) is 11.1 Å². The fraction of sp³-hybridized carbons (Fsp3) is 0.643. The number of hydrogen-bond acceptors (Lipinski definition) is 2. The van der Waals surface area contributed by atoms with Gasteiger partial charge in [-0.1, -0.05) is 89.5 Å². The summed E-state index contributed by atoms with van der Waals surface area (Å²) in [7, 11) is 0. The van der Waals surface area contributed by atoms with Crippen molar-refractivity contribution in [2.45, 2.75) is 110 Å². The van der Waals surface area contributed by atoms with E-state index in [4.69, 9.17) is 0 Å². The first-order valence-corrected chi connectivity index (χ1v) is 12.8. The Balaban J connectivity index is 1.52. The van der Waals surface area contributed by atoms with Crippen molar-refractivity contribution in [1.29, 1.82) is 0 Å². The van der Waals surface area contributed by atoms with Crippen molar-refractivity contribution in [2.75, 3.05) is 0 Å². The first-order valence-electron chi connectivity index (χ1n) is 12.8.